The number of carbonyl (C=O) groups is 1. The Morgan fingerprint density at radius 1 is 1.57 bits per heavy atom. The average molecular weight is 351 g/mol. The highest BCUT2D eigenvalue weighted by Crippen LogP contribution is 2.35. The van der Waals surface area contributed by atoms with Gasteiger partial charge in [0.2, 0.25) is 10.0 Å². The van der Waals surface area contributed by atoms with E-state index >= 15 is 0 Å². The Hall–Kier alpha value is -0.800. The number of ether oxygens (including phenoxy) is 1. The summed E-state index contributed by atoms with van der Waals surface area (Å²) < 4.78 is 27.9. The number of carbonyl (C=O) groups excluding carboxylic acids is 1. The van der Waals surface area contributed by atoms with Crippen LogP contribution in [0, 0.1) is 0 Å². The minimum Gasteiger partial charge on any atom is -0.465 e. The van der Waals surface area contributed by atoms with Gasteiger partial charge in [0, 0.05) is 5.75 Å². The summed E-state index contributed by atoms with van der Waals surface area (Å²) in [6.45, 7) is 2.07. The van der Waals surface area contributed by atoms with E-state index in [0.717, 1.165) is 0 Å². The zero-order chi connectivity index (χ0) is 15.6. The molecule has 9 heteroatoms. The van der Waals surface area contributed by atoms with E-state index < -0.39 is 16.1 Å². The maximum absolute atomic E-state index is 11.7. The van der Waals surface area contributed by atoms with E-state index in [2.05, 4.69) is 5.32 Å². The van der Waals surface area contributed by atoms with Crippen LogP contribution in [0.5, 0.6) is 0 Å². The minimum atomic E-state index is -3.88. The molecule has 0 aromatic heterocycles. The van der Waals surface area contributed by atoms with Crippen molar-refractivity contribution in [3.8, 4) is 0 Å². The highest BCUT2D eigenvalue weighted by Gasteiger charge is 2.32. The van der Waals surface area contributed by atoms with Crippen molar-refractivity contribution in [2.45, 2.75) is 23.2 Å². The van der Waals surface area contributed by atoms with Crippen molar-refractivity contribution in [1.29, 1.82) is 0 Å². The number of nitrogens with one attached hydrogen (secondary N) is 1. The van der Waals surface area contributed by atoms with Crippen molar-refractivity contribution in [3.05, 3.63) is 28.8 Å². The molecule has 1 aliphatic heterocycles. The molecule has 1 heterocycles. The molecule has 0 bridgehead atoms. The standard InChI is InChI=1S/C12H15ClN2O4S2/c1-2-19-12(16)9-6-20-11(15-9)7-3-4-8(13)10(5-7)21(14,17)18/h3-5,9,11,15H,2,6H2,1H3,(H2,14,17,18)/t9-,11?/m0/s1. The largest absolute Gasteiger partial charge is 0.465 e. The summed E-state index contributed by atoms with van der Waals surface area (Å²) in [7, 11) is -3.88. The molecule has 116 valence electrons. The molecule has 1 unspecified atom stereocenters. The molecule has 1 aromatic carbocycles. The molecule has 1 aromatic rings. The second-order valence-corrected chi connectivity index (χ2v) is 7.49. The van der Waals surface area contributed by atoms with Crippen LogP contribution in [-0.2, 0) is 19.6 Å². The van der Waals surface area contributed by atoms with Crippen LogP contribution in [0.3, 0.4) is 0 Å². The molecule has 21 heavy (non-hydrogen) atoms. The number of primary sulfonamides is 1. The third-order valence-corrected chi connectivity index (χ3v) is 5.58. The number of halogens is 1. The van der Waals surface area contributed by atoms with Gasteiger partial charge in [-0.3, -0.25) is 10.1 Å². The molecule has 1 aliphatic rings. The van der Waals surface area contributed by atoms with Gasteiger partial charge in [-0.25, -0.2) is 13.6 Å². The number of esters is 1. The van der Waals surface area contributed by atoms with E-state index in [9.17, 15) is 13.2 Å². The third-order valence-electron chi connectivity index (χ3n) is 2.92. The molecule has 6 nitrogen and oxygen atoms in total. The maximum atomic E-state index is 11.7. The van der Waals surface area contributed by atoms with Gasteiger partial charge in [-0.2, -0.15) is 0 Å². The Bertz CT molecular complexity index is 651. The zero-order valence-electron chi connectivity index (χ0n) is 11.2. The van der Waals surface area contributed by atoms with Gasteiger partial charge in [-0.05, 0) is 24.6 Å². The van der Waals surface area contributed by atoms with Crippen LogP contribution in [0.1, 0.15) is 17.9 Å². The van der Waals surface area contributed by atoms with Crippen molar-refractivity contribution < 1.29 is 17.9 Å². The zero-order valence-corrected chi connectivity index (χ0v) is 13.6. The van der Waals surface area contributed by atoms with Crippen LogP contribution in [0.15, 0.2) is 23.1 Å². The van der Waals surface area contributed by atoms with Crippen LogP contribution < -0.4 is 10.5 Å². The molecule has 0 radical (unpaired) electrons. The molecule has 0 saturated carbocycles. The predicted molar refractivity (Wildman–Crippen MR) is 81.6 cm³/mol. The van der Waals surface area contributed by atoms with Crippen LogP contribution >= 0.6 is 23.4 Å². The van der Waals surface area contributed by atoms with Gasteiger partial charge in [0.15, 0.2) is 0 Å². The van der Waals surface area contributed by atoms with Gasteiger partial charge in [0.1, 0.15) is 10.9 Å². The highest BCUT2D eigenvalue weighted by molar-refractivity contribution is 7.99. The van der Waals surface area contributed by atoms with Gasteiger partial charge < -0.3 is 4.74 Å². The van der Waals surface area contributed by atoms with Crippen molar-refractivity contribution in [1.82, 2.24) is 5.32 Å². The summed E-state index contributed by atoms with van der Waals surface area (Å²) in [4.78, 5) is 11.5. The number of hydrogen-bond donors (Lipinski definition) is 2. The number of sulfonamides is 1. The van der Waals surface area contributed by atoms with Gasteiger partial charge in [-0.1, -0.05) is 17.7 Å². The normalized spacial score (nSPS) is 22.2. The second-order valence-electron chi connectivity index (χ2n) is 4.42. The second kappa shape index (κ2) is 6.53. The Morgan fingerprint density at radius 2 is 2.29 bits per heavy atom. The highest BCUT2D eigenvalue weighted by atomic mass is 35.5. The summed E-state index contributed by atoms with van der Waals surface area (Å²) in [6, 6.07) is 4.20. The molecule has 0 amide bonds. The first kappa shape index (κ1) is 16.6. The SMILES string of the molecule is CCOC(=O)[C@@H]1CSC(c2ccc(Cl)c(S(N)(=O)=O)c2)N1. The minimum absolute atomic E-state index is 0.0752. The topological polar surface area (TPSA) is 98.5 Å². The lowest BCUT2D eigenvalue weighted by atomic mass is 10.2. The van der Waals surface area contributed by atoms with E-state index in [0.29, 0.717) is 17.9 Å². The van der Waals surface area contributed by atoms with Crippen LogP contribution in [-0.4, -0.2) is 32.8 Å². The van der Waals surface area contributed by atoms with Crippen LogP contribution in [0.2, 0.25) is 5.02 Å². The van der Waals surface area contributed by atoms with Gasteiger partial charge >= 0.3 is 5.97 Å². The van der Waals surface area contributed by atoms with Crippen LogP contribution in [0.4, 0.5) is 0 Å². The smallest absolute Gasteiger partial charge is 0.324 e. The number of thioether (sulfide) groups is 1. The summed E-state index contributed by atoms with van der Waals surface area (Å²) in [5, 5.41) is 8.09. The third kappa shape index (κ3) is 3.89. The Kier molecular flexibility index (Phi) is 5.15. The van der Waals surface area contributed by atoms with Crippen molar-refractivity contribution >= 4 is 39.4 Å². The molecule has 3 N–H and O–H groups in total. The molecule has 0 spiro atoms. The summed E-state index contributed by atoms with van der Waals surface area (Å²) in [6.07, 6.45) is 0. The number of nitrogens with two attached hydrogens (primary N) is 1. The Labute approximate surface area is 132 Å². The van der Waals surface area contributed by atoms with Crippen molar-refractivity contribution in [2.24, 2.45) is 5.14 Å². The summed E-state index contributed by atoms with van der Waals surface area (Å²) >= 11 is 7.34. The van der Waals surface area contributed by atoms with E-state index in [1.165, 1.54) is 23.9 Å². The molecule has 0 aliphatic carbocycles. The van der Waals surface area contributed by atoms with Gasteiger partial charge in [0.25, 0.3) is 0 Å². The lowest BCUT2D eigenvalue weighted by Gasteiger charge is -2.14. The molecule has 2 rings (SSSR count). The lowest BCUT2D eigenvalue weighted by molar-refractivity contribution is -0.144. The summed E-state index contributed by atoms with van der Waals surface area (Å²) in [5.74, 6) is 0.241. The predicted octanol–water partition coefficient (Wildman–Crippen LogP) is 1.25. The van der Waals surface area contributed by atoms with Crippen molar-refractivity contribution in [2.75, 3.05) is 12.4 Å². The number of rotatable bonds is 4. The van der Waals surface area contributed by atoms with E-state index in [1.807, 2.05) is 0 Å². The van der Waals surface area contributed by atoms with Gasteiger partial charge in [0.05, 0.1) is 17.0 Å². The lowest BCUT2D eigenvalue weighted by Crippen LogP contribution is -2.35. The first-order valence-corrected chi connectivity index (χ1v) is 9.16. The number of hydrogen-bond acceptors (Lipinski definition) is 6. The molecular formula is C12H15ClN2O4S2. The maximum Gasteiger partial charge on any atom is 0.324 e. The van der Waals surface area contributed by atoms with E-state index in [1.54, 1.807) is 13.0 Å². The van der Waals surface area contributed by atoms with E-state index in [4.69, 9.17) is 21.5 Å². The fourth-order valence-electron chi connectivity index (χ4n) is 1.94. The fraction of sp³-hybridized carbons (Fsp3) is 0.417. The fourth-order valence-corrected chi connectivity index (χ4v) is 4.24. The van der Waals surface area contributed by atoms with Gasteiger partial charge in [-0.15, -0.1) is 11.8 Å². The summed E-state index contributed by atoms with van der Waals surface area (Å²) in [5.41, 5.74) is 0.695. The Morgan fingerprint density at radius 3 is 2.90 bits per heavy atom. The Balaban J connectivity index is 2.19. The molecular weight excluding hydrogens is 336 g/mol. The van der Waals surface area contributed by atoms with Crippen LogP contribution in [0.25, 0.3) is 0 Å². The van der Waals surface area contributed by atoms with Crippen molar-refractivity contribution in [3.63, 3.8) is 0 Å². The van der Waals surface area contributed by atoms with E-state index in [-0.39, 0.29) is 21.3 Å². The quantitative estimate of drug-likeness (QED) is 0.793. The average Bonchev–Trinajstić information content (AvgIpc) is 2.88. The first-order valence-electron chi connectivity index (χ1n) is 6.19. The molecule has 1 fully saturated rings. The molecule has 1 saturated heterocycles. The first-order chi connectivity index (χ1) is 9.82. The molecule has 2 atom stereocenters. The number of benzene rings is 1. The monoisotopic (exact) mass is 350 g/mol.